The van der Waals surface area contributed by atoms with Crippen LogP contribution in [0.2, 0.25) is 0 Å². The maximum absolute atomic E-state index is 10.7. The maximum atomic E-state index is 10.7. The summed E-state index contributed by atoms with van der Waals surface area (Å²) in [5, 5.41) is 39.3. The van der Waals surface area contributed by atoms with Crippen molar-refractivity contribution in [2.45, 2.75) is 0 Å². The van der Waals surface area contributed by atoms with Crippen LogP contribution in [0.25, 0.3) is 0 Å². The molecule has 2 N–H and O–H groups in total. The summed E-state index contributed by atoms with van der Waals surface area (Å²) >= 11 is 0. The molecule has 0 fully saturated rings. The van der Waals surface area contributed by atoms with E-state index in [1.807, 2.05) is 12.1 Å². The zero-order valence-electron chi connectivity index (χ0n) is 18.0. The van der Waals surface area contributed by atoms with Gasteiger partial charge >= 0.3 is 29.0 Å². The molecule has 10 heteroatoms. The number of aromatic hydroxyl groups is 2. The number of rotatable bonds is 7. The molecule has 0 bridgehead atoms. The number of hydrogen-bond acceptors (Lipinski definition) is 9. The van der Waals surface area contributed by atoms with Crippen LogP contribution < -0.4 is 10.4 Å². The molecule has 3 aromatic rings. The fraction of sp³-hybridized carbons (Fsp3) is 0.0833. The number of carboxylic acid groups (broad SMARTS) is 1. The summed E-state index contributed by atoms with van der Waals surface area (Å²) in [6.45, 7) is 1.05. The number of phenols is 2. The second kappa shape index (κ2) is 15.2. The fourth-order valence-electron chi connectivity index (χ4n) is 2.52. The van der Waals surface area contributed by atoms with E-state index in [4.69, 9.17) is 0 Å². The Morgan fingerprint density at radius 2 is 1.18 bits per heavy atom. The van der Waals surface area contributed by atoms with Gasteiger partial charge in [0.05, 0.1) is 24.6 Å². The van der Waals surface area contributed by atoms with Crippen LogP contribution in [0.4, 0.5) is 0 Å². The van der Waals surface area contributed by atoms with Crippen LogP contribution in [0.1, 0.15) is 31.8 Å². The Bertz CT molecular complexity index is 1090. The van der Waals surface area contributed by atoms with Crippen molar-refractivity contribution in [2.24, 2.45) is 9.98 Å². The Morgan fingerprint density at radius 3 is 1.59 bits per heavy atom. The van der Waals surface area contributed by atoms with Gasteiger partial charge < -0.3 is 30.3 Å². The molecule has 3 aromatic carbocycles. The SMILES string of the molecule is O=C([O-])c1ccccc1C(=O)O[O-].Oc1ccccc1/C=N/CC/N=C/c1ccccc1O.[Mg+2]. The van der Waals surface area contributed by atoms with Crippen LogP contribution in [-0.4, -0.2) is 70.7 Å². The zero-order chi connectivity index (χ0) is 24.1. The number of hydrogen-bond donors (Lipinski definition) is 2. The summed E-state index contributed by atoms with van der Waals surface area (Å²) in [5.41, 5.74) is 0.718. The third-order valence-corrected chi connectivity index (χ3v) is 4.14. The number of aliphatic imine (C=N–C) groups is 2. The van der Waals surface area contributed by atoms with Crippen molar-refractivity contribution in [3.05, 3.63) is 95.1 Å². The van der Waals surface area contributed by atoms with Crippen molar-refractivity contribution in [3.63, 3.8) is 0 Å². The summed E-state index contributed by atoms with van der Waals surface area (Å²) in [5.74, 6) is -2.33. The molecule has 0 aliphatic carbocycles. The second-order valence-corrected chi connectivity index (χ2v) is 6.39. The molecule has 9 nitrogen and oxygen atoms in total. The van der Waals surface area contributed by atoms with Gasteiger partial charge in [0.25, 0.3) is 0 Å². The molecule has 0 saturated carbocycles. The number of benzene rings is 3. The largest absolute Gasteiger partial charge is 2.00 e. The first-order valence-corrected chi connectivity index (χ1v) is 9.64. The number of nitrogens with zero attached hydrogens (tertiary/aromatic N) is 2. The first-order chi connectivity index (χ1) is 15.9. The molecule has 0 unspecified atom stereocenters. The zero-order valence-corrected chi connectivity index (χ0v) is 19.4. The Morgan fingerprint density at radius 1 is 0.765 bits per heavy atom. The number of carbonyl (C=O) groups is 2. The maximum Gasteiger partial charge on any atom is 2.00 e. The fourth-order valence-corrected chi connectivity index (χ4v) is 2.52. The summed E-state index contributed by atoms with van der Waals surface area (Å²) < 4.78 is 0. The van der Waals surface area contributed by atoms with Crippen molar-refractivity contribution in [1.29, 1.82) is 0 Å². The Kier molecular flexibility index (Phi) is 12.6. The molecule has 0 aromatic heterocycles. The molecule has 0 radical (unpaired) electrons. The normalized spacial score (nSPS) is 10.3. The predicted octanol–water partition coefficient (Wildman–Crippen LogP) is 0.737. The molecule has 0 aliphatic rings. The van der Waals surface area contributed by atoms with Gasteiger partial charge in [0.15, 0.2) is 0 Å². The van der Waals surface area contributed by atoms with Gasteiger partial charge in [-0.1, -0.05) is 42.5 Å². The monoisotopic (exact) mass is 472 g/mol. The van der Waals surface area contributed by atoms with E-state index >= 15 is 0 Å². The van der Waals surface area contributed by atoms with E-state index in [0.717, 1.165) is 6.07 Å². The van der Waals surface area contributed by atoms with Crippen molar-refractivity contribution in [3.8, 4) is 11.5 Å². The van der Waals surface area contributed by atoms with Crippen LogP contribution in [0.5, 0.6) is 11.5 Å². The van der Waals surface area contributed by atoms with E-state index < -0.39 is 11.9 Å². The van der Waals surface area contributed by atoms with E-state index in [0.29, 0.717) is 24.2 Å². The number of aromatic carboxylic acids is 1. The average Bonchev–Trinajstić information content (AvgIpc) is 2.83. The van der Waals surface area contributed by atoms with Gasteiger partial charge in [-0.3, -0.25) is 9.98 Å². The molecule has 0 saturated heterocycles. The van der Waals surface area contributed by atoms with Crippen LogP contribution in [0.15, 0.2) is 82.8 Å². The molecule has 0 atom stereocenters. The van der Waals surface area contributed by atoms with Crippen molar-refractivity contribution in [1.82, 2.24) is 0 Å². The smallest absolute Gasteiger partial charge is 0.661 e. The van der Waals surface area contributed by atoms with Crippen LogP contribution in [0.3, 0.4) is 0 Å². The molecule has 170 valence electrons. The molecular formula is C24H20MgN2O7. The number of carbonyl (C=O) groups excluding carboxylic acids is 2. The van der Waals surface area contributed by atoms with E-state index in [-0.39, 0.29) is 45.7 Å². The van der Waals surface area contributed by atoms with Gasteiger partial charge in [-0.15, -0.1) is 0 Å². The molecule has 3 rings (SSSR count). The summed E-state index contributed by atoms with van der Waals surface area (Å²) in [6, 6.07) is 19.2. The average molecular weight is 473 g/mol. The van der Waals surface area contributed by atoms with E-state index in [1.54, 1.807) is 48.8 Å². The minimum absolute atomic E-state index is 0. The molecule has 0 amide bonds. The first-order valence-electron chi connectivity index (χ1n) is 9.64. The first kappa shape index (κ1) is 28.3. The van der Waals surface area contributed by atoms with Gasteiger partial charge in [-0.2, -0.15) is 0 Å². The molecular weight excluding hydrogens is 453 g/mol. The molecule has 34 heavy (non-hydrogen) atoms. The van der Waals surface area contributed by atoms with Crippen molar-refractivity contribution >= 4 is 47.4 Å². The molecule has 0 heterocycles. The van der Waals surface area contributed by atoms with Crippen LogP contribution >= 0.6 is 0 Å². The summed E-state index contributed by atoms with van der Waals surface area (Å²) in [6.07, 6.45) is 3.26. The number of phenolic OH excluding ortho intramolecular Hbond substituents is 2. The van der Waals surface area contributed by atoms with Crippen LogP contribution in [0, 0.1) is 0 Å². The van der Waals surface area contributed by atoms with Gasteiger partial charge in [-0.25, -0.2) is 4.79 Å². The Balaban J connectivity index is 0.000000360. The van der Waals surface area contributed by atoms with E-state index in [2.05, 4.69) is 14.9 Å². The van der Waals surface area contributed by atoms with Gasteiger partial charge in [-0.05, 0) is 30.3 Å². The third kappa shape index (κ3) is 9.02. The van der Waals surface area contributed by atoms with Crippen LogP contribution in [-0.2, 0) is 4.89 Å². The Labute approximate surface area is 211 Å². The standard InChI is InChI=1S/C16H16N2O2.C8H6O5.Mg/c19-15-7-3-1-5-13(15)11-17-9-10-18-12-14-6-2-4-8-16(14)20;9-7(10)5-3-1-2-4-6(5)8(11)13-12;/h1-8,11-12,19-20H,9-10H2;1-4,12H,(H,9,10);/q;;+2/p-2/b17-11+,18-12+;;. The Hall–Kier alpha value is -3.73. The molecule has 0 aliphatic heterocycles. The topological polar surface area (TPSA) is 155 Å². The minimum Gasteiger partial charge on any atom is -0.661 e. The summed E-state index contributed by atoms with van der Waals surface area (Å²) in [7, 11) is 0. The van der Waals surface area contributed by atoms with Crippen molar-refractivity contribution < 1.29 is 35.1 Å². The van der Waals surface area contributed by atoms with E-state index in [9.17, 15) is 30.2 Å². The molecule has 0 spiro atoms. The number of para-hydroxylation sites is 2. The summed E-state index contributed by atoms with van der Waals surface area (Å²) in [4.78, 5) is 32.7. The van der Waals surface area contributed by atoms with Crippen molar-refractivity contribution in [2.75, 3.05) is 13.1 Å². The third-order valence-electron chi connectivity index (χ3n) is 4.14. The van der Waals surface area contributed by atoms with E-state index in [1.165, 1.54) is 18.2 Å². The van der Waals surface area contributed by atoms with Gasteiger partial charge in [0.2, 0.25) is 0 Å². The van der Waals surface area contributed by atoms with Gasteiger partial charge in [0, 0.05) is 29.1 Å². The number of carboxylic acids is 1. The second-order valence-electron chi connectivity index (χ2n) is 6.39. The quantitative estimate of drug-likeness (QED) is 0.169. The minimum atomic E-state index is -1.53. The predicted molar refractivity (Wildman–Crippen MR) is 123 cm³/mol. The van der Waals surface area contributed by atoms with Gasteiger partial charge in [0.1, 0.15) is 11.5 Å².